The molecule has 1 aliphatic heterocycles. The van der Waals surface area contributed by atoms with Crippen LogP contribution in [0.5, 0.6) is 5.75 Å². The molecule has 1 N–H and O–H groups in total. The van der Waals surface area contributed by atoms with Crippen molar-refractivity contribution >= 4 is 11.7 Å². The first-order chi connectivity index (χ1) is 11.8. The lowest BCUT2D eigenvalue weighted by molar-refractivity contribution is -0.137. The molecule has 0 radical (unpaired) electrons. The molecule has 0 aliphatic carbocycles. The number of fused-ring (bicyclic) bond motifs is 1. The van der Waals surface area contributed by atoms with Gasteiger partial charge in [-0.05, 0) is 42.3 Å². The van der Waals surface area contributed by atoms with Crippen molar-refractivity contribution < 1.29 is 27.8 Å². The fourth-order valence-corrected chi connectivity index (χ4v) is 2.77. The fraction of sp³-hybridized carbons (Fsp3) is 0.278. The van der Waals surface area contributed by atoms with Crippen molar-refractivity contribution in [2.45, 2.75) is 12.6 Å². The molecule has 0 amide bonds. The van der Waals surface area contributed by atoms with Gasteiger partial charge in [0.25, 0.3) is 0 Å². The van der Waals surface area contributed by atoms with Crippen molar-refractivity contribution in [2.24, 2.45) is 0 Å². The van der Waals surface area contributed by atoms with Crippen molar-refractivity contribution in [3.63, 3.8) is 0 Å². The Morgan fingerprint density at radius 1 is 1.16 bits per heavy atom. The third-order valence-corrected chi connectivity index (χ3v) is 4.12. The van der Waals surface area contributed by atoms with Crippen LogP contribution in [0.3, 0.4) is 0 Å². The molecule has 2 aromatic rings. The second kappa shape index (κ2) is 6.66. The normalized spacial score (nSPS) is 14.0. The fourth-order valence-electron chi connectivity index (χ4n) is 2.77. The van der Waals surface area contributed by atoms with Crippen LogP contribution in [0, 0.1) is 0 Å². The molecule has 0 unspecified atom stereocenters. The predicted molar refractivity (Wildman–Crippen MR) is 86.3 cm³/mol. The largest absolute Gasteiger partial charge is 0.490 e. The van der Waals surface area contributed by atoms with Gasteiger partial charge in [-0.3, -0.25) is 0 Å². The first-order valence-corrected chi connectivity index (χ1v) is 7.76. The third kappa shape index (κ3) is 3.87. The molecular weight excluding hydrogens is 335 g/mol. The maximum absolute atomic E-state index is 12.6. The van der Waals surface area contributed by atoms with E-state index in [2.05, 4.69) is 0 Å². The number of carbonyl (C=O) groups is 1. The zero-order valence-electron chi connectivity index (χ0n) is 13.2. The molecule has 1 heterocycles. The summed E-state index contributed by atoms with van der Waals surface area (Å²) in [5, 5.41) is 9.03. The van der Waals surface area contributed by atoms with E-state index in [-0.39, 0.29) is 5.56 Å². The van der Waals surface area contributed by atoms with Crippen LogP contribution in [0.15, 0.2) is 42.5 Å². The number of halogens is 3. The molecule has 0 saturated carbocycles. The Hall–Kier alpha value is -2.70. The topological polar surface area (TPSA) is 49.8 Å². The van der Waals surface area contributed by atoms with Gasteiger partial charge in [0.1, 0.15) is 12.4 Å². The van der Waals surface area contributed by atoms with Gasteiger partial charge in [0, 0.05) is 6.54 Å². The first-order valence-electron chi connectivity index (χ1n) is 7.76. The van der Waals surface area contributed by atoms with E-state index >= 15 is 0 Å². The van der Waals surface area contributed by atoms with Gasteiger partial charge in [0.15, 0.2) is 0 Å². The second-order valence-corrected chi connectivity index (χ2v) is 5.77. The highest BCUT2D eigenvalue weighted by molar-refractivity contribution is 5.89. The molecule has 0 bridgehead atoms. The number of benzene rings is 2. The molecule has 0 saturated heterocycles. The summed E-state index contributed by atoms with van der Waals surface area (Å²) in [6.45, 7) is 1.68. The van der Waals surface area contributed by atoms with Crippen molar-refractivity contribution in [2.75, 3.05) is 24.6 Å². The molecule has 4 nitrogen and oxygen atoms in total. The molecule has 3 rings (SSSR count). The van der Waals surface area contributed by atoms with E-state index in [4.69, 9.17) is 9.84 Å². The number of anilines is 1. The summed E-state index contributed by atoms with van der Waals surface area (Å²) in [7, 11) is 0. The highest BCUT2D eigenvalue weighted by Gasteiger charge is 2.30. The lowest BCUT2D eigenvalue weighted by Gasteiger charge is -2.31. The number of carboxylic acids is 1. The number of rotatable bonds is 4. The van der Waals surface area contributed by atoms with Crippen LogP contribution in [0.25, 0.3) is 0 Å². The highest BCUT2D eigenvalue weighted by Crippen LogP contribution is 2.33. The maximum atomic E-state index is 12.6. The SMILES string of the molecule is O=C(O)c1ccc2c(c1)OCCN2CCc1ccc(C(F)(F)F)cc1. The van der Waals surface area contributed by atoms with Crippen LogP contribution in [0.4, 0.5) is 18.9 Å². The molecule has 0 spiro atoms. The van der Waals surface area contributed by atoms with E-state index in [9.17, 15) is 18.0 Å². The molecular formula is C18H16F3NO3. The number of nitrogens with zero attached hydrogens (tertiary/aromatic N) is 1. The predicted octanol–water partition coefficient (Wildman–Crippen LogP) is 3.85. The van der Waals surface area contributed by atoms with Gasteiger partial charge in [-0.15, -0.1) is 0 Å². The minimum atomic E-state index is -4.33. The standard InChI is InChI=1S/C18H16F3NO3/c19-18(20,21)14-4-1-12(2-5-14)7-8-22-9-10-25-16-11-13(17(23)24)3-6-15(16)22/h1-6,11H,7-10H2,(H,23,24). The van der Waals surface area contributed by atoms with E-state index in [1.54, 1.807) is 6.07 Å². The van der Waals surface area contributed by atoms with Gasteiger partial charge >= 0.3 is 12.1 Å². The zero-order chi connectivity index (χ0) is 18.0. The van der Waals surface area contributed by atoms with Crippen LogP contribution in [-0.2, 0) is 12.6 Å². The van der Waals surface area contributed by atoms with Gasteiger partial charge in [-0.1, -0.05) is 12.1 Å². The van der Waals surface area contributed by atoms with Crippen LogP contribution in [-0.4, -0.2) is 30.8 Å². The number of hydrogen-bond acceptors (Lipinski definition) is 3. The Bertz CT molecular complexity index is 772. The quantitative estimate of drug-likeness (QED) is 0.909. The number of ether oxygens (including phenoxy) is 1. The summed E-state index contributed by atoms with van der Waals surface area (Å²) in [4.78, 5) is 13.1. The molecule has 132 valence electrons. The molecule has 0 fully saturated rings. The van der Waals surface area contributed by atoms with Gasteiger partial charge in [-0.25, -0.2) is 4.79 Å². The van der Waals surface area contributed by atoms with Crippen molar-refractivity contribution in [1.82, 2.24) is 0 Å². The lowest BCUT2D eigenvalue weighted by Crippen LogP contribution is -2.34. The summed E-state index contributed by atoms with van der Waals surface area (Å²) >= 11 is 0. The minimum Gasteiger partial charge on any atom is -0.490 e. The lowest BCUT2D eigenvalue weighted by atomic mass is 10.1. The van der Waals surface area contributed by atoms with Gasteiger partial charge in [0.05, 0.1) is 23.4 Å². The summed E-state index contributed by atoms with van der Waals surface area (Å²) in [5.41, 5.74) is 1.10. The smallest absolute Gasteiger partial charge is 0.416 e. The van der Waals surface area contributed by atoms with E-state index < -0.39 is 17.7 Å². The number of aromatic carboxylic acids is 1. The van der Waals surface area contributed by atoms with Gasteiger partial charge in [0.2, 0.25) is 0 Å². The molecule has 1 aliphatic rings. The summed E-state index contributed by atoms with van der Waals surface area (Å²) in [5.74, 6) is -0.508. The minimum absolute atomic E-state index is 0.156. The molecule has 2 aromatic carbocycles. The Balaban J connectivity index is 1.70. The van der Waals surface area contributed by atoms with Crippen LogP contribution < -0.4 is 9.64 Å². The van der Waals surface area contributed by atoms with Crippen molar-refractivity contribution in [3.05, 3.63) is 59.2 Å². The third-order valence-electron chi connectivity index (χ3n) is 4.12. The van der Waals surface area contributed by atoms with Crippen LogP contribution >= 0.6 is 0 Å². The average Bonchev–Trinajstić information content (AvgIpc) is 2.59. The van der Waals surface area contributed by atoms with E-state index in [1.807, 2.05) is 4.90 Å². The Kier molecular flexibility index (Phi) is 4.57. The number of alkyl halides is 3. The molecule has 7 heteroatoms. The van der Waals surface area contributed by atoms with E-state index in [0.717, 1.165) is 23.4 Å². The summed E-state index contributed by atoms with van der Waals surface area (Å²) in [6.07, 6.45) is -3.75. The average molecular weight is 351 g/mol. The highest BCUT2D eigenvalue weighted by atomic mass is 19.4. The molecule has 0 aromatic heterocycles. The van der Waals surface area contributed by atoms with E-state index in [0.29, 0.717) is 31.9 Å². The summed E-state index contributed by atoms with van der Waals surface area (Å²) in [6, 6.07) is 9.84. The van der Waals surface area contributed by atoms with Gasteiger partial charge in [-0.2, -0.15) is 13.2 Å². The summed E-state index contributed by atoms with van der Waals surface area (Å²) < 4.78 is 43.3. The van der Waals surface area contributed by atoms with Gasteiger partial charge < -0.3 is 14.7 Å². The number of carboxylic acid groups (broad SMARTS) is 1. The maximum Gasteiger partial charge on any atom is 0.416 e. The Morgan fingerprint density at radius 2 is 1.88 bits per heavy atom. The van der Waals surface area contributed by atoms with Crippen LogP contribution in [0.2, 0.25) is 0 Å². The molecule has 0 atom stereocenters. The monoisotopic (exact) mass is 351 g/mol. The zero-order valence-corrected chi connectivity index (χ0v) is 13.2. The Labute approximate surface area is 142 Å². The number of hydrogen-bond donors (Lipinski definition) is 1. The van der Waals surface area contributed by atoms with Crippen LogP contribution in [0.1, 0.15) is 21.5 Å². The second-order valence-electron chi connectivity index (χ2n) is 5.77. The Morgan fingerprint density at radius 3 is 2.52 bits per heavy atom. The molecule has 25 heavy (non-hydrogen) atoms. The van der Waals surface area contributed by atoms with E-state index in [1.165, 1.54) is 24.3 Å². The first kappa shape index (κ1) is 17.1. The van der Waals surface area contributed by atoms with Crippen molar-refractivity contribution in [3.8, 4) is 5.75 Å². The van der Waals surface area contributed by atoms with Crippen molar-refractivity contribution in [1.29, 1.82) is 0 Å².